The summed E-state index contributed by atoms with van der Waals surface area (Å²) in [4.78, 5) is 39.6. The van der Waals surface area contributed by atoms with Crippen molar-refractivity contribution in [2.24, 2.45) is 39.5 Å². The van der Waals surface area contributed by atoms with Crippen LogP contribution in [0.25, 0.3) is 0 Å². The molecule has 9 nitrogen and oxygen atoms in total. The third kappa shape index (κ3) is 4.88. The molecule has 7 atom stereocenters. The first-order chi connectivity index (χ1) is 17.4. The number of carbonyl (C=O) groups excluding carboxylic acids is 2. The van der Waals surface area contributed by atoms with E-state index in [0.29, 0.717) is 24.2 Å². The third-order valence-electron chi connectivity index (χ3n) is 10.1. The largest absolute Gasteiger partial charge is 0.480 e. The van der Waals surface area contributed by atoms with E-state index in [-0.39, 0.29) is 23.7 Å². The van der Waals surface area contributed by atoms with E-state index in [2.05, 4.69) is 36.3 Å². The fourth-order valence-electron chi connectivity index (χ4n) is 7.85. The summed E-state index contributed by atoms with van der Waals surface area (Å²) in [5.41, 5.74) is 6.08. The second-order valence-corrected chi connectivity index (χ2v) is 11.8. The highest BCUT2D eigenvalue weighted by molar-refractivity contribution is 5.96. The molecule has 2 amide bonds. The van der Waals surface area contributed by atoms with Crippen molar-refractivity contribution in [3.8, 4) is 12.3 Å². The third-order valence-corrected chi connectivity index (χ3v) is 10.1. The molecule has 0 aromatic heterocycles. The van der Waals surface area contributed by atoms with Crippen LogP contribution in [0.2, 0.25) is 0 Å². The second kappa shape index (κ2) is 10.1. The SMILES string of the molecule is C#C[C@@]1(O)CC[C@H]2[C@@H]3CCC4=C/C(=N/OCC(=O)N[C@H](CCC(N)=O)C(=O)O)CC[C@]4(C)[C@H]3CC[C@@]21C. The van der Waals surface area contributed by atoms with E-state index in [0.717, 1.165) is 50.7 Å². The van der Waals surface area contributed by atoms with Crippen molar-refractivity contribution in [1.29, 1.82) is 0 Å². The molecule has 4 aliphatic rings. The lowest BCUT2D eigenvalue weighted by molar-refractivity contribution is -0.142. The Kier molecular flexibility index (Phi) is 7.44. The molecule has 3 saturated carbocycles. The van der Waals surface area contributed by atoms with E-state index in [9.17, 15) is 24.6 Å². The van der Waals surface area contributed by atoms with Crippen LogP contribution < -0.4 is 11.1 Å². The molecule has 202 valence electrons. The first kappa shape index (κ1) is 27.2. The number of amides is 2. The molecule has 37 heavy (non-hydrogen) atoms. The van der Waals surface area contributed by atoms with Crippen LogP contribution in [0.3, 0.4) is 0 Å². The maximum atomic E-state index is 12.1. The zero-order chi connectivity index (χ0) is 27.0. The zero-order valence-corrected chi connectivity index (χ0v) is 21.8. The minimum Gasteiger partial charge on any atom is -0.480 e. The number of terminal acetylenes is 1. The summed E-state index contributed by atoms with van der Waals surface area (Å²) in [6.45, 7) is 4.15. The second-order valence-electron chi connectivity index (χ2n) is 11.8. The number of nitrogens with zero attached hydrogens (tertiary/aromatic N) is 1. The van der Waals surface area contributed by atoms with E-state index in [1.54, 1.807) is 0 Å². The maximum absolute atomic E-state index is 12.1. The molecule has 0 heterocycles. The van der Waals surface area contributed by atoms with Gasteiger partial charge in [0, 0.05) is 11.8 Å². The predicted molar refractivity (Wildman–Crippen MR) is 137 cm³/mol. The number of allylic oxidation sites excluding steroid dienone is 2. The van der Waals surface area contributed by atoms with Gasteiger partial charge in [-0.25, -0.2) is 4.79 Å². The number of nitrogens with one attached hydrogen (secondary N) is 1. The van der Waals surface area contributed by atoms with Crippen molar-refractivity contribution in [1.82, 2.24) is 5.32 Å². The Morgan fingerprint density at radius 3 is 2.62 bits per heavy atom. The average molecular weight is 514 g/mol. The van der Waals surface area contributed by atoms with E-state index in [1.165, 1.54) is 5.57 Å². The lowest BCUT2D eigenvalue weighted by Gasteiger charge is -2.58. The van der Waals surface area contributed by atoms with Crippen molar-refractivity contribution >= 4 is 23.5 Å². The number of aliphatic carboxylic acids is 1. The van der Waals surface area contributed by atoms with Crippen LogP contribution in [0.5, 0.6) is 0 Å². The maximum Gasteiger partial charge on any atom is 0.326 e. The molecule has 0 aromatic carbocycles. The van der Waals surface area contributed by atoms with Crippen LogP contribution in [-0.2, 0) is 19.2 Å². The fraction of sp³-hybridized carbons (Fsp3) is 0.714. The van der Waals surface area contributed by atoms with Crippen LogP contribution in [0, 0.1) is 40.9 Å². The number of fused-ring (bicyclic) bond motifs is 5. The van der Waals surface area contributed by atoms with Crippen molar-refractivity contribution in [3.05, 3.63) is 11.6 Å². The van der Waals surface area contributed by atoms with E-state index in [1.807, 2.05) is 0 Å². The molecule has 0 aliphatic heterocycles. The molecule has 3 fully saturated rings. The summed E-state index contributed by atoms with van der Waals surface area (Å²) in [6.07, 6.45) is 15.1. The van der Waals surface area contributed by atoms with Gasteiger partial charge < -0.3 is 26.1 Å². The highest BCUT2D eigenvalue weighted by atomic mass is 16.6. The Bertz CT molecular complexity index is 1060. The van der Waals surface area contributed by atoms with Gasteiger partial charge in [0.15, 0.2) is 6.61 Å². The van der Waals surface area contributed by atoms with Crippen molar-refractivity contribution in [2.45, 2.75) is 89.7 Å². The predicted octanol–water partition coefficient (Wildman–Crippen LogP) is 2.52. The molecule has 0 spiro atoms. The Morgan fingerprint density at radius 2 is 1.95 bits per heavy atom. The molecule has 4 rings (SSSR count). The summed E-state index contributed by atoms with van der Waals surface area (Å²) in [6, 6.07) is -1.21. The van der Waals surface area contributed by atoms with Gasteiger partial charge in [-0.1, -0.05) is 30.5 Å². The van der Waals surface area contributed by atoms with Gasteiger partial charge in [-0.15, -0.1) is 6.42 Å². The van der Waals surface area contributed by atoms with Gasteiger partial charge in [0.25, 0.3) is 5.91 Å². The van der Waals surface area contributed by atoms with Crippen molar-refractivity contribution < 1.29 is 29.4 Å². The molecular formula is C28H39N3O6. The highest BCUT2D eigenvalue weighted by Gasteiger charge is 2.63. The van der Waals surface area contributed by atoms with Gasteiger partial charge in [0.1, 0.15) is 11.6 Å². The molecule has 5 N–H and O–H groups in total. The summed E-state index contributed by atoms with van der Waals surface area (Å²) in [5.74, 6) is 1.80. The number of rotatable bonds is 8. The Labute approximate surface area is 218 Å². The topological polar surface area (TPSA) is 151 Å². The molecule has 0 unspecified atom stereocenters. The molecule has 0 aromatic rings. The van der Waals surface area contributed by atoms with Gasteiger partial charge in [-0.05, 0) is 87.0 Å². The number of aliphatic hydroxyl groups is 1. The normalized spacial score (nSPS) is 38.3. The van der Waals surface area contributed by atoms with Gasteiger partial charge >= 0.3 is 5.97 Å². The molecule has 0 saturated heterocycles. The summed E-state index contributed by atoms with van der Waals surface area (Å²) in [5, 5.41) is 26.9. The number of oxime groups is 1. The first-order valence-electron chi connectivity index (χ1n) is 13.3. The standard InChI is InChI=1S/C28H39N3O6/c1-4-28(36)14-11-21-19-6-5-17-15-18(9-12-26(17,2)20(19)10-13-27(21,28)3)31-37-16-24(33)30-22(25(34)35)7-8-23(29)32/h1,15,19-22,36H,5-14,16H2,2-3H3,(H2,29,32)(H,30,33)(H,34,35)/b31-18+/t19-,20+,21+,22-,26+,27+,28-/m1/s1. The van der Waals surface area contributed by atoms with Crippen molar-refractivity contribution in [2.75, 3.05) is 6.61 Å². The summed E-state index contributed by atoms with van der Waals surface area (Å²) < 4.78 is 0. The molecule has 0 radical (unpaired) electrons. The van der Waals surface area contributed by atoms with Gasteiger partial charge in [0.05, 0.1) is 5.71 Å². The van der Waals surface area contributed by atoms with Crippen LogP contribution >= 0.6 is 0 Å². The monoisotopic (exact) mass is 513 g/mol. The number of hydrogen-bond donors (Lipinski definition) is 4. The molecule has 0 bridgehead atoms. The first-order valence-corrected chi connectivity index (χ1v) is 13.3. The molecular weight excluding hydrogens is 474 g/mol. The number of hydrogen-bond acceptors (Lipinski definition) is 6. The minimum atomic E-state index is -1.24. The van der Waals surface area contributed by atoms with Gasteiger partial charge in [-0.2, -0.15) is 0 Å². The van der Waals surface area contributed by atoms with Crippen LogP contribution in [0.4, 0.5) is 0 Å². The number of carboxylic acid groups (broad SMARTS) is 1. The fourth-order valence-corrected chi connectivity index (χ4v) is 7.85. The summed E-state index contributed by atoms with van der Waals surface area (Å²) >= 11 is 0. The Hall–Kier alpha value is -2.86. The van der Waals surface area contributed by atoms with Crippen molar-refractivity contribution in [3.63, 3.8) is 0 Å². The lowest BCUT2D eigenvalue weighted by atomic mass is 9.46. The minimum absolute atomic E-state index is 0.0760. The number of nitrogens with two attached hydrogens (primary N) is 1. The van der Waals surface area contributed by atoms with Crippen LogP contribution in [-0.4, -0.2) is 52.0 Å². The average Bonchev–Trinajstić information content (AvgIpc) is 3.12. The lowest BCUT2D eigenvalue weighted by Crippen LogP contribution is -2.54. The Balaban J connectivity index is 1.37. The van der Waals surface area contributed by atoms with Crippen LogP contribution in [0.15, 0.2) is 16.8 Å². The summed E-state index contributed by atoms with van der Waals surface area (Å²) in [7, 11) is 0. The van der Waals surface area contributed by atoms with Gasteiger partial charge in [-0.3, -0.25) is 9.59 Å². The zero-order valence-electron chi connectivity index (χ0n) is 21.8. The Morgan fingerprint density at radius 1 is 1.22 bits per heavy atom. The van der Waals surface area contributed by atoms with Crippen LogP contribution in [0.1, 0.15) is 78.1 Å². The smallest absolute Gasteiger partial charge is 0.326 e. The number of carbonyl (C=O) groups is 3. The number of carboxylic acids is 1. The molecule has 9 heteroatoms. The quantitative estimate of drug-likeness (QED) is 0.289. The van der Waals surface area contributed by atoms with E-state index in [4.69, 9.17) is 17.0 Å². The van der Waals surface area contributed by atoms with E-state index >= 15 is 0 Å². The molecule has 4 aliphatic carbocycles. The number of primary amides is 1. The van der Waals surface area contributed by atoms with E-state index < -0.39 is 36.0 Å². The van der Waals surface area contributed by atoms with Gasteiger partial charge in [0.2, 0.25) is 5.91 Å². The highest BCUT2D eigenvalue weighted by Crippen LogP contribution is 2.67.